The van der Waals surface area contributed by atoms with Crippen molar-refractivity contribution in [2.24, 2.45) is 0 Å². The van der Waals surface area contributed by atoms with Gasteiger partial charge in [-0.1, -0.05) is 24.3 Å². The third kappa shape index (κ3) is 6.75. The quantitative estimate of drug-likeness (QED) is 0.343. The summed E-state index contributed by atoms with van der Waals surface area (Å²) in [4.78, 5) is 29.3. The summed E-state index contributed by atoms with van der Waals surface area (Å²) in [7, 11) is 3.14. The lowest BCUT2D eigenvalue weighted by atomic mass is 10.1. The normalized spacial score (nSPS) is 10.6. The number of nitrogens with zero attached hydrogens (tertiary/aromatic N) is 2. The Morgan fingerprint density at radius 1 is 1.03 bits per heavy atom. The molecule has 0 saturated heterocycles. The van der Waals surface area contributed by atoms with Gasteiger partial charge in [0.25, 0.3) is 5.91 Å². The lowest BCUT2D eigenvalue weighted by Gasteiger charge is -2.27. The Bertz CT molecular complexity index is 1210. The second-order valence-electron chi connectivity index (χ2n) is 8.22. The topological polar surface area (TPSA) is 72.2 Å². The number of methoxy groups -OCH3 is 2. The van der Waals surface area contributed by atoms with Crippen molar-refractivity contribution in [2.75, 3.05) is 33.9 Å². The van der Waals surface area contributed by atoms with Gasteiger partial charge in [0.15, 0.2) is 11.5 Å². The highest BCUT2D eigenvalue weighted by molar-refractivity contribution is 5.96. The Morgan fingerprint density at radius 2 is 1.78 bits per heavy atom. The number of hydrogen-bond donors (Lipinski definition) is 0. The highest BCUT2D eigenvalue weighted by atomic mass is 19.1. The number of halogens is 1. The first-order valence-electron chi connectivity index (χ1n) is 11.5. The van der Waals surface area contributed by atoms with Gasteiger partial charge in [-0.25, -0.2) is 4.39 Å². The fourth-order valence-corrected chi connectivity index (χ4v) is 3.79. The van der Waals surface area contributed by atoms with E-state index >= 15 is 0 Å². The first-order chi connectivity index (χ1) is 17.4. The number of rotatable bonds is 12. The van der Waals surface area contributed by atoms with Crippen LogP contribution in [0.4, 0.5) is 4.39 Å². The molecule has 1 aromatic heterocycles. The molecule has 0 aliphatic rings. The number of carbonyl (C=O) groups is 2. The minimum atomic E-state index is -0.639. The molecule has 2 amide bonds. The minimum Gasteiger partial charge on any atom is -0.493 e. The molecule has 2 aromatic carbocycles. The predicted molar refractivity (Wildman–Crippen MR) is 135 cm³/mol. The molecule has 0 aliphatic carbocycles. The van der Waals surface area contributed by atoms with Crippen molar-refractivity contribution in [1.82, 2.24) is 9.80 Å². The van der Waals surface area contributed by atoms with Crippen LogP contribution in [0.2, 0.25) is 0 Å². The Labute approximate surface area is 210 Å². The Morgan fingerprint density at radius 3 is 2.42 bits per heavy atom. The van der Waals surface area contributed by atoms with Crippen molar-refractivity contribution < 1.29 is 27.9 Å². The molecule has 8 heteroatoms. The summed E-state index contributed by atoms with van der Waals surface area (Å²) < 4.78 is 30.6. The first-order valence-corrected chi connectivity index (χ1v) is 11.5. The van der Waals surface area contributed by atoms with E-state index in [0.29, 0.717) is 30.2 Å². The van der Waals surface area contributed by atoms with Gasteiger partial charge >= 0.3 is 0 Å². The summed E-state index contributed by atoms with van der Waals surface area (Å²) >= 11 is 0. The van der Waals surface area contributed by atoms with Gasteiger partial charge in [0.05, 0.1) is 26.3 Å². The highest BCUT2D eigenvalue weighted by Gasteiger charge is 2.24. The molecule has 3 rings (SSSR count). The fourth-order valence-electron chi connectivity index (χ4n) is 3.79. The number of carbonyl (C=O) groups excluding carboxylic acids is 2. The highest BCUT2D eigenvalue weighted by Crippen LogP contribution is 2.28. The van der Waals surface area contributed by atoms with Gasteiger partial charge < -0.3 is 23.7 Å². The standard InChI is InChI=1S/C28H31FN2O5/c1-5-15-31(28(33)23-8-6-7-9-24(23)29)19-27(32)30(18-22-12-10-20(2)36-22)16-14-21-11-13-25(34-3)26(17-21)35-4/h5-13,17H,1,14-16,18-19H2,2-4H3. The molecule has 0 saturated carbocycles. The van der Waals surface area contributed by atoms with Gasteiger partial charge in [-0.3, -0.25) is 9.59 Å². The van der Waals surface area contributed by atoms with Crippen molar-refractivity contribution in [3.8, 4) is 11.5 Å². The maximum Gasteiger partial charge on any atom is 0.257 e. The molecule has 3 aromatic rings. The minimum absolute atomic E-state index is 0.0920. The van der Waals surface area contributed by atoms with Crippen molar-refractivity contribution >= 4 is 11.8 Å². The third-order valence-corrected chi connectivity index (χ3v) is 5.68. The van der Waals surface area contributed by atoms with E-state index in [1.807, 2.05) is 37.3 Å². The van der Waals surface area contributed by atoms with Gasteiger partial charge in [0.2, 0.25) is 5.91 Å². The fraction of sp³-hybridized carbons (Fsp3) is 0.286. The summed E-state index contributed by atoms with van der Waals surface area (Å²) in [6.07, 6.45) is 2.05. The molecule has 36 heavy (non-hydrogen) atoms. The van der Waals surface area contributed by atoms with Crippen molar-refractivity contribution in [3.05, 3.63) is 95.7 Å². The zero-order valence-corrected chi connectivity index (χ0v) is 20.8. The Kier molecular flexibility index (Phi) is 9.27. The third-order valence-electron chi connectivity index (χ3n) is 5.68. The van der Waals surface area contributed by atoms with Crippen molar-refractivity contribution in [3.63, 3.8) is 0 Å². The second kappa shape index (κ2) is 12.6. The van der Waals surface area contributed by atoms with E-state index in [4.69, 9.17) is 13.9 Å². The smallest absolute Gasteiger partial charge is 0.257 e. The maximum absolute atomic E-state index is 14.3. The van der Waals surface area contributed by atoms with Crippen LogP contribution in [-0.4, -0.2) is 55.5 Å². The van der Waals surface area contributed by atoms with Crippen LogP contribution in [0, 0.1) is 12.7 Å². The number of aryl methyl sites for hydroxylation is 1. The van der Waals surface area contributed by atoms with Crippen molar-refractivity contribution in [1.29, 1.82) is 0 Å². The van der Waals surface area contributed by atoms with Gasteiger partial charge in [-0.05, 0) is 55.3 Å². The summed E-state index contributed by atoms with van der Waals surface area (Å²) in [6.45, 7) is 5.97. The van der Waals surface area contributed by atoms with Crippen LogP contribution >= 0.6 is 0 Å². The van der Waals surface area contributed by atoms with Crippen LogP contribution in [0.3, 0.4) is 0 Å². The molecule has 0 atom stereocenters. The molecule has 0 N–H and O–H groups in total. The number of ether oxygens (including phenoxy) is 2. The second-order valence-corrected chi connectivity index (χ2v) is 8.22. The summed E-state index contributed by atoms with van der Waals surface area (Å²) in [5, 5.41) is 0. The molecule has 190 valence electrons. The summed E-state index contributed by atoms with van der Waals surface area (Å²) in [5.74, 6) is 1.07. The molecule has 7 nitrogen and oxygen atoms in total. The average molecular weight is 495 g/mol. The van der Waals surface area contributed by atoms with Gasteiger partial charge in [-0.2, -0.15) is 0 Å². The van der Waals surface area contributed by atoms with Crippen LogP contribution in [0.1, 0.15) is 27.4 Å². The van der Waals surface area contributed by atoms with Crippen LogP contribution in [0.25, 0.3) is 0 Å². The molecule has 0 aliphatic heterocycles. The van der Waals surface area contributed by atoms with E-state index in [0.717, 1.165) is 11.3 Å². The van der Waals surface area contributed by atoms with Crippen LogP contribution in [0.15, 0.2) is 71.7 Å². The summed E-state index contributed by atoms with van der Waals surface area (Å²) in [5.41, 5.74) is 0.858. The van der Waals surface area contributed by atoms with Gasteiger partial charge in [0.1, 0.15) is 23.9 Å². The summed E-state index contributed by atoms with van der Waals surface area (Å²) in [6, 6.07) is 15.0. The zero-order valence-electron chi connectivity index (χ0n) is 20.8. The van der Waals surface area contributed by atoms with E-state index in [2.05, 4.69) is 6.58 Å². The maximum atomic E-state index is 14.3. The van der Waals surface area contributed by atoms with Crippen LogP contribution < -0.4 is 9.47 Å². The molecule has 0 unspecified atom stereocenters. The molecule has 0 fully saturated rings. The van der Waals surface area contributed by atoms with E-state index in [-0.39, 0.29) is 31.1 Å². The molecule has 0 bridgehead atoms. The number of hydrogen-bond acceptors (Lipinski definition) is 5. The van der Waals surface area contributed by atoms with Gasteiger partial charge in [-0.15, -0.1) is 6.58 Å². The van der Waals surface area contributed by atoms with E-state index in [9.17, 15) is 14.0 Å². The first kappa shape index (κ1) is 26.5. The molecule has 0 spiro atoms. The SMILES string of the molecule is C=CCN(CC(=O)N(CCc1ccc(OC)c(OC)c1)Cc1ccc(C)o1)C(=O)c1ccccc1F. The van der Waals surface area contributed by atoms with Gasteiger partial charge in [0, 0.05) is 13.1 Å². The Balaban J connectivity index is 1.79. The van der Waals surface area contributed by atoms with Crippen molar-refractivity contribution in [2.45, 2.75) is 19.9 Å². The lowest BCUT2D eigenvalue weighted by molar-refractivity contribution is -0.132. The monoisotopic (exact) mass is 494 g/mol. The molecule has 1 heterocycles. The Hall–Kier alpha value is -4.07. The van der Waals surface area contributed by atoms with E-state index in [1.54, 1.807) is 25.2 Å². The van der Waals surface area contributed by atoms with Crippen LogP contribution in [-0.2, 0) is 17.8 Å². The van der Waals surface area contributed by atoms with Crippen LogP contribution in [0.5, 0.6) is 11.5 Å². The number of amides is 2. The largest absolute Gasteiger partial charge is 0.493 e. The molecule has 0 radical (unpaired) electrons. The predicted octanol–water partition coefficient (Wildman–Crippen LogP) is 4.64. The lowest BCUT2D eigenvalue weighted by Crippen LogP contribution is -2.43. The average Bonchev–Trinajstić information content (AvgIpc) is 3.30. The molecular formula is C28H31FN2O5. The number of benzene rings is 2. The molecular weight excluding hydrogens is 463 g/mol. The van der Waals surface area contributed by atoms with E-state index < -0.39 is 11.7 Å². The van der Waals surface area contributed by atoms with E-state index in [1.165, 1.54) is 29.2 Å². The number of furan rings is 1. The zero-order chi connectivity index (χ0) is 26.1.